The highest BCUT2D eigenvalue weighted by atomic mass is 35.5. The summed E-state index contributed by atoms with van der Waals surface area (Å²) in [6, 6.07) is 0. The van der Waals surface area contributed by atoms with Gasteiger partial charge in [0.25, 0.3) is 0 Å². The van der Waals surface area contributed by atoms with E-state index in [1.807, 2.05) is 0 Å². The van der Waals surface area contributed by atoms with E-state index < -0.39 is 0 Å². The van der Waals surface area contributed by atoms with Crippen LogP contribution < -0.4 is 4.90 Å². The van der Waals surface area contributed by atoms with Gasteiger partial charge in [-0.1, -0.05) is 11.6 Å². The molecule has 2 unspecified atom stereocenters. The van der Waals surface area contributed by atoms with Gasteiger partial charge >= 0.3 is 0 Å². The number of hydrogen-bond acceptors (Lipinski definition) is 4. The second-order valence-corrected chi connectivity index (χ2v) is 4.39. The van der Waals surface area contributed by atoms with E-state index in [-0.39, 0.29) is 0 Å². The van der Waals surface area contributed by atoms with Gasteiger partial charge in [0.2, 0.25) is 0 Å². The van der Waals surface area contributed by atoms with E-state index in [0.29, 0.717) is 17.4 Å². The van der Waals surface area contributed by atoms with Gasteiger partial charge in [-0.05, 0) is 12.8 Å². The third-order valence-electron chi connectivity index (χ3n) is 2.98. The van der Waals surface area contributed by atoms with E-state index in [0.717, 1.165) is 31.7 Å². The lowest BCUT2D eigenvalue weighted by Gasteiger charge is -2.32. The van der Waals surface area contributed by atoms with Crippen LogP contribution in [-0.4, -0.2) is 35.3 Å². The second kappa shape index (κ2) is 3.61. The van der Waals surface area contributed by atoms with Crippen LogP contribution in [0.1, 0.15) is 12.8 Å². The summed E-state index contributed by atoms with van der Waals surface area (Å²) in [6.45, 7) is 1.77. The van der Waals surface area contributed by atoms with Crippen LogP contribution in [0.2, 0.25) is 5.15 Å². The summed E-state index contributed by atoms with van der Waals surface area (Å²) >= 11 is 6.02. The number of hydrogen-bond donors (Lipinski definition) is 0. The Hall–Kier alpha value is -0.870. The van der Waals surface area contributed by atoms with Crippen LogP contribution in [0.5, 0.6) is 0 Å². The van der Waals surface area contributed by atoms with E-state index in [9.17, 15) is 0 Å². The number of halogens is 1. The highest BCUT2D eigenvalue weighted by molar-refractivity contribution is 6.31. The molecule has 1 aromatic rings. The van der Waals surface area contributed by atoms with Crippen molar-refractivity contribution in [1.82, 2.24) is 9.97 Å². The maximum atomic E-state index is 6.02. The van der Waals surface area contributed by atoms with Crippen molar-refractivity contribution in [3.8, 4) is 0 Å². The zero-order valence-electron chi connectivity index (χ0n) is 8.27. The van der Waals surface area contributed by atoms with Crippen molar-refractivity contribution < 1.29 is 4.74 Å². The molecule has 0 radical (unpaired) electrons. The Labute approximate surface area is 93.2 Å². The van der Waals surface area contributed by atoms with Crippen molar-refractivity contribution >= 4 is 17.4 Å². The topological polar surface area (TPSA) is 38.2 Å². The predicted octanol–water partition coefficient (Wildman–Crippen LogP) is 1.50. The summed E-state index contributed by atoms with van der Waals surface area (Å²) in [6.07, 6.45) is 6.29. The van der Waals surface area contributed by atoms with E-state index in [1.54, 1.807) is 12.4 Å². The predicted molar refractivity (Wildman–Crippen MR) is 57.2 cm³/mol. The lowest BCUT2D eigenvalue weighted by atomic mass is 10.2. The van der Waals surface area contributed by atoms with Crippen molar-refractivity contribution in [2.45, 2.75) is 25.0 Å². The Morgan fingerprint density at radius 3 is 2.53 bits per heavy atom. The fourth-order valence-electron chi connectivity index (χ4n) is 2.31. The third-order valence-corrected chi connectivity index (χ3v) is 3.25. The molecule has 4 nitrogen and oxygen atoms in total. The standard InChI is InChI=1S/C10H12ClN3O/c11-9-10(13-4-3-12-9)14-5-7-1-2-8(6-14)15-7/h3-4,7-8H,1-2,5-6H2. The lowest BCUT2D eigenvalue weighted by Crippen LogP contribution is -2.43. The Kier molecular flexibility index (Phi) is 2.25. The minimum absolute atomic E-state index is 0.349. The van der Waals surface area contributed by atoms with Gasteiger partial charge < -0.3 is 9.64 Å². The van der Waals surface area contributed by atoms with Crippen LogP contribution in [0.4, 0.5) is 5.82 Å². The normalized spacial score (nSPS) is 29.5. The molecule has 80 valence electrons. The van der Waals surface area contributed by atoms with Crippen LogP contribution in [0.3, 0.4) is 0 Å². The highest BCUT2D eigenvalue weighted by Gasteiger charge is 2.34. The van der Waals surface area contributed by atoms with Gasteiger partial charge in [-0.25, -0.2) is 9.97 Å². The first kappa shape index (κ1) is 9.36. The number of morpholine rings is 1. The largest absolute Gasteiger partial charge is 0.371 e. The van der Waals surface area contributed by atoms with E-state index in [1.165, 1.54) is 0 Å². The van der Waals surface area contributed by atoms with Gasteiger partial charge in [0.1, 0.15) is 0 Å². The quantitative estimate of drug-likeness (QED) is 0.726. The van der Waals surface area contributed by atoms with Gasteiger partial charge in [0, 0.05) is 25.5 Å². The maximum absolute atomic E-state index is 6.02. The summed E-state index contributed by atoms with van der Waals surface area (Å²) < 4.78 is 5.76. The average Bonchev–Trinajstić information content (AvgIpc) is 2.58. The minimum Gasteiger partial charge on any atom is -0.371 e. The molecule has 0 aliphatic carbocycles. The first-order valence-electron chi connectivity index (χ1n) is 5.20. The summed E-state index contributed by atoms with van der Waals surface area (Å²) in [5.74, 6) is 0.791. The maximum Gasteiger partial charge on any atom is 0.171 e. The smallest absolute Gasteiger partial charge is 0.171 e. The fourth-order valence-corrected chi connectivity index (χ4v) is 2.54. The van der Waals surface area contributed by atoms with E-state index in [4.69, 9.17) is 16.3 Å². The molecule has 0 spiro atoms. The van der Waals surface area contributed by atoms with Gasteiger partial charge in [-0.2, -0.15) is 0 Å². The second-order valence-electron chi connectivity index (χ2n) is 4.03. The molecule has 2 fully saturated rings. The lowest BCUT2D eigenvalue weighted by molar-refractivity contribution is 0.0302. The average molecular weight is 226 g/mol. The summed E-state index contributed by atoms with van der Waals surface area (Å²) in [7, 11) is 0. The number of rotatable bonds is 1. The highest BCUT2D eigenvalue weighted by Crippen LogP contribution is 2.30. The molecule has 3 rings (SSSR count). The van der Waals surface area contributed by atoms with Crippen LogP contribution in [0.25, 0.3) is 0 Å². The van der Waals surface area contributed by atoms with Crippen molar-refractivity contribution in [3.05, 3.63) is 17.5 Å². The molecule has 0 amide bonds. The van der Waals surface area contributed by atoms with Gasteiger partial charge in [0.15, 0.2) is 11.0 Å². The molecule has 5 heteroatoms. The Morgan fingerprint density at radius 2 is 1.87 bits per heavy atom. The number of fused-ring (bicyclic) bond motifs is 2. The third kappa shape index (κ3) is 1.68. The molecular formula is C10H12ClN3O. The molecule has 2 saturated heterocycles. The first-order chi connectivity index (χ1) is 7.33. The van der Waals surface area contributed by atoms with Crippen LogP contribution in [-0.2, 0) is 4.74 Å². The minimum atomic E-state index is 0.349. The van der Waals surface area contributed by atoms with Crippen LogP contribution >= 0.6 is 11.6 Å². The van der Waals surface area contributed by atoms with Gasteiger partial charge in [-0.3, -0.25) is 0 Å². The Bertz CT molecular complexity index is 361. The number of nitrogens with zero attached hydrogens (tertiary/aromatic N) is 3. The number of aromatic nitrogens is 2. The van der Waals surface area contributed by atoms with Crippen LogP contribution in [0, 0.1) is 0 Å². The first-order valence-corrected chi connectivity index (χ1v) is 5.57. The number of ether oxygens (including phenoxy) is 1. The molecule has 2 atom stereocenters. The van der Waals surface area contributed by atoms with Gasteiger partial charge in [-0.15, -0.1) is 0 Å². The van der Waals surface area contributed by atoms with E-state index >= 15 is 0 Å². The molecule has 0 aromatic carbocycles. The number of anilines is 1. The Balaban J connectivity index is 1.86. The molecule has 2 aliphatic heterocycles. The monoisotopic (exact) mass is 225 g/mol. The van der Waals surface area contributed by atoms with Crippen molar-refractivity contribution in [3.63, 3.8) is 0 Å². The molecule has 2 aliphatic rings. The van der Waals surface area contributed by atoms with E-state index in [2.05, 4.69) is 14.9 Å². The molecule has 0 saturated carbocycles. The summed E-state index contributed by atoms with van der Waals surface area (Å²) in [4.78, 5) is 10.5. The Morgan fingerprint density at radius 1 is 1.20 bits per heavy atom. The zero-order chi connectivity index (χ0) is 10.3. The molecule has 0 N–H and O–H groups in total. The van der Waals surface area contributed by atoms with Crippen LogP contribution in [0.15, 0.2) is 12.4 Å². The van der Waals surface area contributed by atoms with Crippen molar-refractivity contribution in [2.75, 3.05) is 18.0 Å². The summed E-state index contributed by atoms with van der Waals surface area (Å²) in [5.41, 5.74) is 0. The molecule has 15 heavy (non-hydrogen) atoms. The molecule has 1 aromatic heterocycles. The van der Waals surface area contributed by atoms with Crippen molar-refractivity contribution in [2.24, 2.45) is 0 Å². The fraction of sp³-hybridized carbons (Fsp3) is 0.600. The zero-order valence-corrected chi connectivity index (χ0v) is 9.02. The molecule has 2 bridgehead atoms. The molecular weight excluding hydrogens is 214 g/mol. The molecule has 3 heterocycles. The summed E-state index contributed by atoms with van der Waals surface area (Å²) in [5, 5.41) is 0.485. The van der Waals surface area contributed by atoms with Crippen molar-refractivity contribution in [1.29, 1.82) is 0 Å². The SMILES string of the molecule is Clc1nccnc1N1CC2CCC(C1)O2. The van der Waals surface area contributed by atoms with Gasteiger partial charge in [0.05, 0.1) is 12.2 Å².